The van der Waals surface area contributed by atoms with Crippen LogP contribution in [0.1, 0.15) is 12.0 Å². The normalized spacial score (nSPS) is 11.3. The van der Waals surface area contributed by atoms with E-state index in [4.69, 9.17) is 0 Å². The van der Waals surface area contributed by atoms with Gasteiger partial charge in [-0.1, -0.05) is 28.1 Å². The molecule has 144 valence electrons. The highest BCUT2D eigenvalue weighted by Crippen LogP contribution is 2.14. The molecule has 2 N–H and O–H groups in total. The molecule has 8 nitrogen and oxygen atoms in total. The number of aryl methyl sites for hydroxylation is 2. The largest absolute Gasteiger partial charge is 0.356 e. The zero-order chi connectivity index (χ0) is 19.6. The third-order valence-electron chi connectivity index (χ3n) is 4.50. The molecule has 0 bridgehead atoms. The van der Waals surface area contributed by atoms with Gasteiger partial charge < -0.3 is 15.2 Å². The van der Waals surface area contributed by atoms with E-state index in [9.17, 15) is 9.59 Å². The third kappa shape index (κ3) is 3.84. The van der Waals surface area contributed by atoms with Gasteiger partial charge in [-0.15, -0.1) is 0 Å². The number of rotatable bonds is 7. The van der Waals surface area contributed by atoms with Crippen LogP contribution >= 0.6 is 15.9 Å². The number of imidazole rings is 1. The van der Waals surface area contributed by atoms with Crippen molar-refractivity contribution in [2.45, 2.75) is 13.0 Å². The van der Waals surface area contributed by atoms with E-state index in [-0.39, 0.29) is 17.8 Å². The van der Waals surface area contributed by atoms with Crippen LogP contribution in [0.25, 0.3) is 11.2 Å². The Hall–Kier alpha value is -2.39. The summed E-state index contributed by atoms with van der Waals surface area (Å²) in [5.41, 5.74) is 0.954. The second-order valence-electron chi connectivity index (χ2n) is 6.41. The monoisotopic (exact) mass is 434 g/mol. The lowest BCUT2D eigenvalue weighted by atomic mass is 10.2. The number of aromatic nitrogens is 4. The van der Waals surface area contributed by atoms with Crippen molar-refractivity contribution in [3.05, 3.63) is 55.1 Å². The van der Waals surface area contributed by atoms with Gasteiger partial charge >= 0.3 is 5.69 Å². The highest BCUT2D eigenvalue weighted by atomic mass is 79.9. The van der Waals surface area contributed by atoms with Gasteiger partial charge in [-0.3, -0.25) is 13.9 Å². The molecule has 0 radical (unpaired) electrons. The molecular formula is C18H23BrN6O2. The standard InChI is InChI=1S/C18H23BrN6O2/c1-20-9-4-10-21-17-22-15-14(23(17)2)16(26)25(18(27)24(15)3)11-12-5-7-13(19)8-6-12/h5-8,20H,4,9-11H2,1-3H3,(H,21,22). The highest BCUT2D eigenvalue weighted by Gasteiger charge is 2.18. The molecule has 0 amide bonds. The highest BCUT2D eigenvalue weighted by molar-refractivity contribution is 9.10. The Morgan fingerprint density at radius 3 is 2.44 bits per heavy atom. The maximum atomic E-state index is 13.0. The van der Waals surface area contributed by atoms with Crippen LogP contribution in [0.5, 0.6) is 0 Å². The summed E-state index contributed by atoms with van der Waals surface area (Å²) in [6.45, 7) is 1.82. The Labute approximate surface area is 165 Å². The van der Waals surface area contributed by atoms with Crippen molar-refractivity contribution in [3.63, 3.8) is 0 Å². The van der Waals surface area contributed by atoms with E-state index in [1.807, 2.05) is 31.3 Å². The Morgan fingerprint density at radius 2 is 1.78 bits per heavy atom. The molecule has 0 aliphatic heterocycles. The first-order chi connectivity index (χ1) is 12.9. The summed E-state index contributed by atoms with van der Waals surface area (Å²) in [6.07, 6.45) is 0.923. The SMILES string of the molecule is CNCCCNc1nc2c(c(=O)n(Cc3ccc(Br)cc3)c(=O)n2C)n1C. The molecule has 1 aromatic carbocycles. The topological polar surface area (TPSA) is 85.9 Å². The summed E-state index contributed by atoms with van der Waals surface area (Å²) >= 11 is 3.39. The Bertz CT molecular complexity index is 1060. The van der Waals surface area contributed by atoms with Crippen LogP contribution in [0.15, 0.2) is 38.3 Å². The van der Waals surface area contributed by atoms with Gasteiger partial charge in [0, 0.05) is 25.1 Å². The molecule has 0 saturated heterocycles. The lowest BCUT2D eigenvalue weighted by Crippen LogP contribution is -2.39. The van der Waals surface area contributed by atoms with Crippen LogP contribution in [0, 0.1) is 0 Å². The summed E-state index contributed by atoms with van der Waals surface area (Å²) in [5, 5.41) is 6.32. The summed E-state index contributed by atoms with van der Waals surface area (Å²) < 4.78 is 5.34. The Balaban J connectivity index is 2.03. The average Bonchev–Trinajstić information content (AvgIpc) is 2.99. The van der Waals surface area contributed by atoms with Gasteiger partial charge in [0.1, 0.15) is 0 Å². The number of fused-ring (bicyclic) bond motifs is 1. The molecule has 0 unspecified atom stereocenters. The van der Waals surface area contributed by atoms with Crippen LogP contribution in [0.3, 0.4) is 0 Å². The van der Waals surface area contributed by atoms with E-state index in [0.717, 1.165) is 29.5 Å². The van der Waals surface area contributed by atoms with Gasteiger partial charge in [-0.2, -0.15) is 4.98 Å². The predicted molar refractivity (Wildman–Crippen MR) is 110 cm³/mol. The minimum absolute atomic E-state index is 0.213. The van der Waals surface area contributed by atoms with E-state index in [1.165, 1.54) is 9.13 Å². The summed E-state index contributed by atoms with van der Waals surface area (Å²) in [7, 11) is 5.32. The van der Waals surface area contributed by atoms with E-state index in [1.54, 1.807) is 18.7 Å². The molecular weight excluding hydrogens is 412 g/mol. The van der Waals surface area contributed by atoms with Gasteiger partial charge in [0.2, 0.25) is 5.95 Å². The van der Waals surface area contributed by atoms with Crippen molar-refractivity contribution < 1.29 is 0 Å². The third-order valence-corrected chi connectivity index (χ3v) is 5.03. The van der Waals surface area contributed by atoms with Crippen LogP contribution in [0.2, 0.25) is 0 Å². The quantitative estimate of drug-likeness (QED) is 0.546. The summed E-state index contributed by atoms with van der Waals surface area (Å²) in [5.74, 6) is 0.578. The number of halogens is 1. The second kappa shape index (κ2) is 8.10. The molecule has 3 rings (SSSR count). The molecule has 0 fully saturated rings. The van der Waals surface area contributed by atoms with E-state index < -0.39 is 0 Å². The minimum atomic E-state index is -0.379. The Kier molecular flexibility index (Phi) is 5.81. The first-order valence-electron chi connectivity index (χ1n) is 8.73. The number of nitrogens with zero attached hydrogens (tertiary/aromatic N) is 4. The molecule has 0 aliphatic carbocycles. The zero-order valence-electron chi connectivity index (χ0n) is 15.6. The molecule has 0 saturated carbocycles. The fourth-order valence-corrected chi connectivity index (χ4v) is 3.24. The van der Waals surface area contributed by atoms with Crippen molar-refractivity contribution in [1.29, 1.82) is 0 Å². The number of anilines is 1. The van der Waals surface area contributed by atoms with Gasteiger partial charge in [-0.25, -0.2) is 4.79 Å². The summed E-state index contributed by atoms with van der Waals surface area (Å²) in [4.78, 5) is 30.2. The molecule has 0 spiro atoms. The van der Waals surface area contributed by atoms with Gasteiger partial charge in [0.25, 0.3) is 5.56 Å². The van der Waals surface area contributed by atoms with Crippen LogP contribution in [-0.2, 0) is 20.6 Å². The van der Waals surface area contributed by atoms with Crippen LogP contribution in [-0.4, -0.2) is 38.8 Å². The zero-order valence-corrected chi connectivity index (χ0v) is 17.2. The molecule has 2 aromatic heterocycles. The van der Waals surface area contributed by atoms with Gasteiger partial charge in [0.15, 0.2) is 11.2 Å². The fourth-order valence-electron chi connectivity index (χ4n) is 2.98. The lowest BCUT2D eigenvalue weighted by Gasteiger charge is -2.09. The smallest absolute Gasteiger partial charge is 0.332 e. The average molecular weight is 435 g/mol. The Morgan fingerprint density at radius 1 is 1.07 bits per heavy atom. The van der Waals surface area contributed by atoms with Crippen LogP contribution < -0.4 is 21.9 Å². The number of hydrogen-bond donors (Lipinski definition) is 2. The van der Waals surface area contributed by atoms with Gasteiger partial charge in [-0.05, 0) is 37.7 Å². The molecule has 27 heavy (non-hydrogen) atoms. The van der Waals surface area contributed by atoms with Crippen molar-refractivity contribution in [2.75, 3.05) is 25.5 Å². The first kappa shape index (κ1) is 19.4. The van der Waals surface area contributed by atoms with Crippen molar-refractivity contribution in [3.8, 4) is 0 Å². The van der Waals surface area contributed by atoms with Crippen LogP contribution in [0.4, 0.5) is 5.95 Å². The first-order valence-corrected chi connectivity index (χ1v) is 9.52. The van der Waals surface area contributed by atoms with E-state index in [0.29, 0.717) is 17.1 Å². The van der Waals surface area contributed by atoms with Gasteiger partial charge in [0.05, 0.1) is 6.54 Å². The van der Waals surface area contributed by atoms with Crippen molar-refractivity contribution >= 4 is 33.0 Å². The minimum Gasteiger partial charge on any atom is -0.356 e. The number of nitrogens with one attached hydrogen (secondary N) is 2. The molecule has 9 heteroatoms. The molecule has 3 aromatic rings. The lowest BCUT2D eigenvalue weighted by molar-refractivity contribution is 0.655. The number of hydrogen-bond acceptors (Lipinski definition) is 5. The molecule has 2 heterocycles. The number of benzene rings is 1. The molecule has 0 atom stereocenters. The van der Waals surface area contributed by atoms with E-state index in [2.05, 4.69) is 31.5 Å². The summed E-state index contributed by atoms with van der Waals surface area (Å²) in [6, 6.07) is 7.55. The second-order valence-corrected chi connectivity index (χ2v) is 7.33. The molecule has 0 aliphatic rings. The fraction of sp³-hybridized carbons (Fsp3) is 0.389. The van der Waals surface area contributed by atoms with Crippen molar-refractivity contribution in [1.82, 2.24) is 24.0 Å². The maximum Gasteiger partial charge on any atom is 0.332 e. The predicted octanol–water partition coefficient (Wildman–Crippen LogP) is 1.27. The van der Waals surface area contributed by atoms with Crippen molar-refractivity contribution in [2.24, 2.45) is 14.1 Å². The maximum absolute atomic E-state index is 13.0. The van der Waals surface area contributed by atoms with E-state index >= 15 is 0 Å².